The maximum atomic E-state index is 14.9. The predicted octanol–water partition coefficient (Wildman–Crippen LogP) is 3.16. The molecule has 0 bridgehead atoms. The first-order chi connectivity index (χ1) is 14.5. The smallest absolute Gasteiger partial charge is 0.252 e. The Labute approximate surface area is 179 Å². The van der Waals surface area contributed by atoms with Crippen molar-refractivity contribution < 1.29 is 17.6 Å². The number of sulfonamides is 1. The molecule has 8 nitrogen and oxygen atoms in total. The standard InChI is InChI=1S/C21H24FN5O3S/c1-21(22)8-4-7-18(21)25-19-16(20(23)28)11-24-27-12-14(10-17(19)27)13-5-3-6-15(9-13)26-31(2,29)30/h3,5-6,9-12,18,25-26H,4,7-8H2,1-2H3,(H2,23,28)/t18-,21+/m1/s1. The number of nitrogens with one attached hydrogen (secondary N) is 2. The lowest BCUT2D eigenvalue weighted by Gasteiger charge is -2.26. The van der Waals surface area contributed by atoms with E-state index in [0.29, 0.717) is 29.7 Å². The molecule has 1 aliphatic rings. The number of nitrogens with two attached hydrogens (primary N) is 1. The Bertz CT molecular complexity index is 1270. The highest BCUT2D eigenvalue weighted by Crippen LogP contribution is 2.37. The van der Waals surface area contributed by atoms with Crippen molar-refractivity contribution in [3.63, 3.8) is 0 Å². The highest BCUT2D eigenvalue weighted by atomic mass is 32.2. The Kier molecular flexibility index (Phi) is 5.12. The van der Waals surface area contributed by atoms with Crippen LogP contribution in [0.5, 0.6) is 0 Å². The average Bonchev–Trinajstić information content (AvgIpc) is 3.24. The van der Waals surface area contributed by atoms with Crippen LogP contribution in [0, 0.1) is 0 Å². The highest BCUT2D eigenvalue weighted by molar-refractivity contribution is 7.92. The van der Waals surface area contributed by atoms with Crippen molar-refractivity contribution in [2.45, 2.75) is 37.9 Å². The number of carbonyl (C=O) groups excluding carboxylic acids is 1. The molecule has 0 unspecified atom stereocenters. The Hall–Kier alpha value is -3.14. The summed E-state index contributed by atoms with van der Waals surface area (Å²) in [5.41, 5.74) is 7.31. The number of alkyl halides is 1. The summed E-state index contributed by atoms with van der Waals surface area (Å²) in [4.78, 5) is 12.0. The van der Waals surface area contributed by atoms with Crippen molar-refractivity contribution in [1.82, 2.24) is 9.61 Å². The lowest BCUT2D eigenvalue weighted by atomic mass is 10.0. The Morgan fingerprint density at radius 2 is 2.10 bits per heavy atom. The summed E-state index contributed by atoms with van der Waals surface area (Å²) in [7, 11) is -3.41. The number of benzene rings is 1. The fraction of sp³-hybridized carbons (Fsp3) is 0.333. The van der Waals surface area contributed by atoms with E-state index in [-0.39, 0.29) is 5.56 Å². The molecule has 2 aromatic heterocycles. The van der Waals surface area contributed by atoms with Gasteiger partial charge in [-0.05, 0) is 49.9 Å². The maximum Gasteiger partial charge on any atom is 0.252 e. The molecule has 31 heavy (non-hydrogen) atoms. The van der Waals surface area contributed by atoms with Crippen LogP contribution in [0.15, 0.2) is 42.7 Å². The van der Waals surface area contributed by atoms with E-state index in [1.54, 1.807) is 35.8 Å². The second kappa shape index (κ2) is 7.52. The van der Waals surface area contributed by atoms with Crippen LogP contribution in [0.1, 0.15) is 36.5 Å². The van der Waals surface area contributed by atoms with Gasteiger partial charge in [0.15, 0.2) is 0 Å². The second-order valence-corrected chi connectivity index (χ2v) is 9.93. The van der Waals surface area contributed by atoms with Gasteiger partial charge in [0.05, 0.1) is 35.3 Å². The zero-order valence-electron chi connectivity index (χ0n) is 17.2. The molecule has 4 rings (SSSR count). The summed E-state index contributed by atoms with van der Waals surface area (Å²) >= 11 is 0. The average molecular weight is 446 g/mol. The summed E-state index contributed by atoms with van der Waals surface area (Å²) in [5.74, 6) is -0.654. The molecule has 10 heteroatoms. The highest BCUT2D eigenvalue weighted by Gasteiger charge is 2.39. The second-order valence-electron chi connectivity index (χ2n) is 8.18. The van der Waals surface area contributed by atoms with Crippen molar-refractivity contribution >= 4 is 32.8 Å². The van der Waals surface area contributed by atoms with Gasteiger partial charge in [-0.3, -0.25) is 9.52 Å². The molecule has 0 aliphatic heterocycles. The van der Waals surface area contributed by atoms with Gasteiger partial charge in [0, 0.05) is 17.4 Å². The van der Waals surface area contributed by atoms with Crippen LogP contribution in [-0.4, -0.2) is 41.9 Å². The monoisotopic (exact) mass is 445 g/mol. The van der Waals surface area contributed by atoms with E-state index >= 15 is 0 Å². The molecule has 0 spiro atoms. The quantitative estimate of drug-likeness (QED) is 0.539. The van der Waals surface area contributed by atoms with Crippen LogP contribution in [0.25, 0.3) is 16.6 Å². The van der Waals surface area contributed by atoms with Crippen molar-refractivity contribution in [2.24, 2.45) is 5.73 Å². The normalized spacial score (nSPS) is 21.3. The first kappa shape index (κ1) is 21.1. The van der Waals surface area contributed by atoms with Gasteiger partial charge in [0.2, 0.25) is 10.0 Å². The topological polar surface area (TPSA) is 119 Å². The van der Waals surface area contributed by atoms with Gasteiger partial charge in [-0.2, -0.15) is 5.10 Å². The first-order valence-corrected chi connectivity index (χ1v) is 11.8. The minimum atomic E-state index is -3.41. The number of aromatic nitrogens is 2. The molecule has 4 N–H and O–H groups in total. The minimum Gasteiger partial charge on any atom is -0.377 e. The molecule has 2 atom stereocenters. The van der Waals surface area contributed by atoms with Gasteiger partial charge in [0.1, 0.15) is 5.67 Å². The van der Waals surface area contributed by atoms with E-state index in [4.69, 9.17) is 5.73 Å². The summed E-state index contributed by atoms with van der Waals surface area (Å²) in [6, 6.07) is 8.29. The molecular weight excluding hydrogens is 421 g/mol. The molecule has 0 saturated heterocycles. The van der Waals surface area contributed by atoms with E-state index in [9.17, 15) is 17.6 Å². The first-order valence-electron chi connectivity index (χ1n) is 9.88. The minimum absolute atomic E-state index is 0.187. The lowest BCUT2D eigenvalue weighted by Crippen LogP contribution is -2.36. The van der Waals surface area contributed by atoms with Gasteiger partial charge in [0.25, 0.3) is 5.91 Å². The zero-order chi connectivity index (χ0) is 22.4. The van der Waals surface area contributed by atoms with Gasteiger partial charge >= 0.3 is 0 Å². The molecule has 0 radical (unpaired) electrons. The number of nitrogens with zero attached hydrogens (tertiary/aromatic N) is 2. The number of anilines is 2. The molecule has 3 aromatic rings. The third-order valence-electron chi connectivity index (χ3n) is 5.61. The van der Waals surface area contributed by atoms with Crippen LogP contribution in [0.2, 0.25) is 0 Å². The van der Waals surface area contributed by atoms with Gasteiger partial charge in [-0.25, -0.2) is 17.3 Å². The van der Waals surface area contributed by atoms with Crippen LogP contribution >= 0.6 is 0 Å². The number of primary amides is 1. The summed E-state index contributed by atoms with van der Waals surface area (Å²) in [6.45, 7) is 1.56. The number of fused-ring (bicyclic) bond motifs is 1. The molecule has 1 saturated carbocycles. The third kappa shape index (κ3) is 4.34. The molecule has 164 valence electrons. The Balaban J connectivity index is 1.79. The summed E-state index contributed by atoms with van der Waals surface area (Å²) < 4.78 is 42.0. The van der Waals surface area contributed by atoms with Gasteiger partial charge in [-0.1, -0.05) is 12.1 Å². The van der Waals surface area contributed by atoms with Crippen molar-refractivity contribution in [3.8, 4) is 11.1 Å². The molecule has 1 aliphatic carbocycles. The Morgan fingerprint density at radius 3 is 2.74 bits per heavy atom. The number of amides is 1. The number of hydrogen-bond donors (Lipinski definition) is 3. The lowest BCUT2D eigenvalue weighted by molar-refractivity contribution is 0.1000. The van der Waals surface area contributed by atoms with Crippen LogP contribution in [-0.2, 0) is 10.0 Å². The summed E-state index contributed by atoms with van der Waals surface area (Å²) in [6.07, 6.45) is 6.06. The molecule has 1 aromatic carbocycles. The largest absolute Gasteiger partial charge is 0.377 e. The SMILES string of the molecule is C[C@]1(F)CCC[C@H]1Nc1c(C(N)=O)cnn2cc(-c3cccc(NS(C)(=O)=O)c3)cc12. The van der Waals surface area contributed by atoms with Gasteiger partial charge < -0.3 is 11.1 Å². The maximum absolute atomic E-state index is 14.9. The van der Waals surface area contributed by atoms with E-state index in [2.05, 4.69) is 15.1 Å². The van der Waals surface area contributed by atoms with Crippen LogP contribution in [0.4, 0.5) is 15.8 Å². The number of hydrogen-bond acceptors (Lipinski definition) is 5. The van der Waals surface area contributed by atoms with Crippen LogP contribution in [0.3, 0.4) is 0 Å². The Morgan fingerprint density at radius 1 is 1.32 bits per heavy atom. The third-order valence-corrected chi connectivity index (χ3v) is 6.21. The molecule has 2 heterocycles. The molecule has 1 amide bonds. The van der Waals surface area contributed by atoms with Crippen molar-refractivity contribution in [1.29, 1.82) is 0 Å². The van der Waals surface area contributed by atoms with E-state index in [0.717, 1.165) is 23.8 Å². The number of rotatable bonds is 6. The fourth-order valence-corrected chi connectivity index (χ4v) is 4.61. The van der Waals surface area contributed by atoms with E-state index in [1.165, 1.54) is 6.20 Å². The fourth-order valence-electron chi connectivity index (χ4n) is 4.05. The summed E-state index contributed by atoms with van der Waals surface area (Å²) in [5, 5.41) is 7.48. The van der Waals surface area contributed by atoms with Crippen molar-refractivity contribution in [2.75, 3.05) is 16.3 Å². The van der Waals surface area contributed by atoms with Gasteiger partial charge in [-0.15, -0.1) is 0 Å². The molecule has 1 fully saturated rings. The number of halogens is 1. The molecular formula is C21H24FN5O3S. The zero-order valence-corrected chi connectivity index (χ0v) is 18.0. The van der Waals surface area contributed by atoms with Crippen molar-refractivity contribution in [3.05, 3.63) is 48.3 Å². The predicted molar refractivity (Wildman–Crippen MR) is 118 cm³/mol. The van der Waals surface area contributed by atoms with Crippen LogP contribution < -0.4 is 15.8 Å². The van der Waals surface area contributed by atoms with E-state index in [1.807, 2.05) is 12.1 Å². The number of carbonyl (C=O) groups is 1. The van der Waals surface area contributed by atoms with E-state index < -0.39 is 27.6 Å².